The van der Waals surface area contributed by atoms with Gasteiger partial charge in [0.25, 0.3) is 0 Å². The van der Waals surface area contributed by atoms with E-state index in [4.69, 9.17) is 0 Å². The highest BCUT2D eigenvalue weighted by Crippen LogP contribution is 2.29. The number of thioether (sulfide) groups is 1. The molecule has 1 N–H and O–H groups in total. The van der Waals surface area contributed by atoms with Gasteiger partial charge in [0.2, 0.25) is 17.7 Å². The summed E-state index contributed by atoms with van der Waals surface area (Å²) < 4.78 is 0. The zero-order valence-electron chi connectivity index (χ0n) is 13.8. The normalized spacial score (nSPS) is 17.0. The molecule has 2 aromatic rings. The number of hydrogen-bond donors (Lipinski definition) is 1. The summed E-state index contributed by atoms with van der Waals surface area (Å²) in [6, 6.07) is 16.4. The van der Waals surface area contributed by atoms with Crippen LogP contribution in [-0.2, 0) is 14.4 Å². The van der Waals surface area contributed by atoms with E-state index in [-0.39, 0.29) is 29.9 Å². The average molecular weight is 354 g/mol. The van der Waals surface area contributed by atoms with Crippen LogP contribution in [0.3, 0.4) is 0 Å². The number of para-hydroxylation sites is 2. The van der Waals surface area contributed by atoms with E-state index in [1.807, 2.05) is 37.3 Å². The highest BCUT2D eigenvalue weighted by atomic mass is 32.2. The summed E-state index contributed by atoms with van der Waals surface area (Å²) in [6.07, 6.45) is 0.121. The van der Waals surface area contributed by atoms with Crippen molar-refractivity contribution in [1.29, 1.82) is 0 Å². The van der Waals surface area contributed by atoms with Gasteiger partial charge in [-0.3, -0.25) is 14.4 Å². The quantitative estimate of drug-likeness (QED) is 0.838. The van der Waals surface area contributed by atoms with E-state index in [1.54, 1.807) is 24.3 Å². The maximum absolute atomic E-state index is 12.5. The first-order valence-corrected chi connectivity index (χ1v) is 9.00. The molecule has 0 radical (unpaired) electrons. The third-order valence-electron chi connectivity index (χ3n) is 3.95. The predicted molar refractivity (Wildman–Crippen MR) is 99.6 cm³/mol. The number of amides is 3. The van der Waals surface area contributed by atoms with Crippen molar-refractivity contribution in [2.45, 2.75) is 18.6 Å². The van der Waals surface area contributed by atoms with Gasteiger partial charge in [0, 0.05) is 12.1 Å². The lowest BCUT2D eigenvalue weighted by Crippen LogP contribution is -2.31. The topological polar surface area (TPSA) is 66.5 Å². The number of hydrogen-bond acceptors (Lipinski definition) is 4. The Morgan fingerprint density at radius 3 is 2.52 bits per heavy atom. The molecular formula is C19H18N2O3S. The van der Waals surface area contributed by atoms with Crippen LogP contribution in [-0.4, -0.2) is 28.7 Å². The summed E-state index contributed by atoms with van der Waals surface area (Å²) in [7, 11) is 0. The van der Waals surface area contributed by atoms with Crippen LogP contribution in [0.2, 0.25) is 0 Å². The molecule has 3 rings (SSSR count). The van der Waals surface area contributed by atoms with Crippen molar-refractivity contribution in [2.24, 2.45) is 0 Å². The largest absolute Gasteiger partial charge is 0.325 e. The Hall–Kier alpha value is -2.60. The minimum Gasteiger partial charge on any atom is -0.325 e. The molecule has 1 heterocycles. The Kier molecular flexibility index (Phi) is 5.19. The van der Waals surface area contributed by atoms with Gasteiger partial charge in [-0.15, -0.1) is 11.8 Å². The fourth-order valence-corrected chi connectivity index (χ4v) is 3.59. The van der Waals surface area contributed by atoms with Gasteiger partial charge in [-0.25, -0.2) is 4.90 Å². The third kappa shape index (κ3) is 3.91. The van der Waals surface area contributed by atoms with Crippen LogP contribution in [0.15, 0.2) is 54.6 Å². The van der Waals surface area contributed by atoms with Crippen LogP contribution in [0, 0.1) is 6.92 Å². The molecule has 1 fully saturated rings. The number of nitrogens with zero attached hydrogens (tertiary/aromatic N) is 1. The van der Waals surface area contributed by atoms with Crippen LogP contribution >= 0.6 is 11.8 Å². The van der Waals surface area contributed by atoms with E-state index in [1.165, 1.54) is 16.7 Å². The molecule has 3 amide bonds. The molecule has 1 aliphatic rings. The number of carbonyl (C=O) groups is 3. The van der Waals surface area contributed by atoms with E-state index in [9.17, 15) is 14.4 Å². The zero-order chi connectivity index (χ0) is 17.8. The van der Waals surface area contributed by atoms with Gasteiger partial charge in [0.05, 0.1) is 16.7 Å². The predicted octanol–water partition coefficient (Wildman–Crippen LogP) is 3.00. The standard InChI is InChI=1S/C19H18N2O3S/c1-13-7-5-6-10-15(13)20-17(22)12-25-16-11-18(23)21(19(16)24)14-8-3-2-4-9-14/h2-10,16H,11-12H2,1H3,(H,20,22)/t16-/m1/s1. The number of carbonyl (C=O) groups excluding carboxylic acids is 3. The number of aryl methyl sites for hydroxylation is 1. The maximum atomic E-state index is 12.5. The van der Waals surface area contributed by atoms with Crippen molar-refractivity contribution in [3.63, 3.8) is 0 Å². The summed E-state index contributed by atoms with van der Waals surface area (Å²) in [4.78, 5) is 38.0. The smallest absolute Gasteiger partial charge is 0.247 e. The van der Waals surface area contributed by atoms with Gasteiger partial charge in [-0.2, -0.15) is 0 Å². The minimum atomic E-state index is -0.518. The van der Waals surface area contributed by atoms with Crippen molar-refractivity contribution in [2.75, 3.05) is 16.0 Å². The van der Waals surface area contributed by atoms with Crippen LogP contribution in [0.1, 0.15) is 12.0 Å². The summed E-state index contributed by atoms with van der Waals surface area (Å²) in [6.45, 7) is 1.92. The first-order chi connectivity index (χ1) is 12.1. The Bertz CT molecular complexity index is 807. The van der Waals surface area contributed by atoms with Crippen LogP contribution in [0.25, 0.3) is 0 Å². The Labute approximate surface area is 150 Å². The zero-order valence-corrected chi connectivity index (χ0v) is 14.6. The molecular weight excluding hydrogens is 336 g/mol. The lowest BCUT2D eigenvalue weighted by molar-refractivity contribution is -0.121. The number of anilines is 2. The Morgan fingerprint density at radius 1 is 1.12 bits per heavy atom. The van der Waals surface area contributed by atoms with Crippen molar-refractivity contribution in [3.8, 4) is 0 Å². The first kappa shape index (κ1) is 17.2. The fourth-order valence-electron chi connectivity index (χ4n) is 2.66. The lowest BCUT2D eigenvalue weighted by Gasteiger charge is -2.14. The molecule has 6 heteroatoms. The molecule has 0 unspecified atom stereocenters. The average Bonchev–Trinajstić information content (AvgIpc) is 2.89. The second-order valence-electron chi connectivity index (χ2n) is 5.77. The van der Waals surface area contributed by atoms with Crippen molar-refractivity contribution >= 4 is 40.9 Å². The van der Waals surface area contributed by atoms with E-state index < -0.39 is 5.25 Å². The summed E-state index contributed by atoms with van der Waals surface area (Å²) in [5.41, 5.74) is 2.31. The highest BCUT2D eigenvalue weighted by Gasteiger charge is 2.39. The molecule has 5 nitrogen and oxygen atoms in total. The highest BCUT2D eigenvalue weighted by molar-refractivity contribution is 8.01. The molecule has 0 bridgehead atoms. The third-order valence-corrected chi connectivity index (χ3v) is 5.15. The molecule has 25 heavy (non-hydrogen) atoms. The van der Waals surface area contributed by atoms with Crippen molar-refractivity contribution in [1.82, 2.24) is 0 Å². The van der Waals surface area contributed by atoms with Gasteiger partial charge in [0.1, 0.15) is 0 Å². The van der Waals surface area contributed by atoms with Crippen LogP contribution in [0.4, 0.5) is 11.4 Å². The molecule has 128 valence electrons. The molecule has 1 atom stereocenters. The lowest BCUT2D eigenvalue weighted by atomic mass is 10.2. The number of nitrogens with one attached hydrogen (secondary N) is 1. The second-order valence-corrected chi connectivity index (χ2v) is 6.96. The monoisotopic (exact) mass is 354 g/mol. The molecule has 0 aromatic heterocycles. The Balaban J connectivity index is 1.59. The van der Waals surface area contributed by atoms with Crippen LogP contribution in [0.5, 0.6) is 0 Å². The SMILES string of the molecule is Cc1ccccc1NC(=O)CS[C@@H]1CC(=O)N(c2ccccc2)C1=O. The summed E-state index contributed by atoms with van der Waals surface area (Å²) >= 11 is 1.20. The van der Waals surface area contributed by atoms with Gasteiger partial charge >= 0.3 is 0 Å². The van der Waals surface area contributed by atoms with Gasteiger partial charge in [0.15, 0.2) is 0 Å². The Morgan fingerprint density at radius 2 is 1.80 bits per heavy atom. The number of imide groups is 1. The van der Waals surface area contributed by atoms with Crippen molar-refractivity contribution in [3.05, 3.63) is 60.2 Å². The molecule has 0 aliphatic carbocycles. The summed E-state index contributed by atoms with van der Waals surface area (Å²) in [5.74, 6) is -0.545. The number of benzene rings is 2. The second kappa shape index (κ2) is 7.53. The van der Waals surface area contributed by atoms with Gasteiger partial charge < -0.3 is 5.32 Å². The van der Waals surface area contributed by atoms with E-state index in [2.05, 4.69) is 5.32 Å². The van der Waals surface area contributed by atoms with Crippen molar-refractivity contribution < 1.29 is 14.4 Å². The van der Waals surface area contributed by atoms with E-state index in [0.717, 1.165) is 11.3 Å². The number of rotatable bonds is 5. The van der Waals surface area contributed by atoms with Crippen LogP contribution < -0.4 is 10.2 Å². The molecule has 2 aromatic carbocycles. The van der Waals surface area contributed by atoms with E-state index in [0.29, 0.717) is 5.69 Å². The van der Waals surface area contributed by atoms with Gasteiger partial charge in [-0.05, 0) is 30.7 Å². The molecule has 0 spiro atoms. The molecule has 1 aliphatic heterocycles. The molecule has 1 saturated heterocycles. The molecule has 0 saturated carbocycles. The summed E-state index contributed by atoms with van der Waals surface area (Å²) in [5, 5.41) is 2.32. The maximum Gasteiger partial charge on any atom is 0.247 e. The first-order valence-electron chi connectivity index (χ1n) is 7.95. The fraction of sp³-hybridized carbons (Fsp3) is 0.211. The minimum absolute atomic E-state index is 0.121. The van der Waals surface area contributed by atoms with E-state index >= 15 is 0 Å². The van der Waals surface area contributed by atoms with Gasteiger partial charge in [-0.1, -0.05) is 36.4 Å².